The summed E-state index contributed by atoms with van der Waals surface area (Å²) in [5.41, 5.74) is 2.70. The van der Waals surface area contributed by atoms with Crippen LogP contribution in [0, 0.1) is 12.1 Å². The van der Waals surface area contributed by atoms with Gasteiger partial charge in [0.15, 0.2) is 0 Å². The van der Waals surface area contributed by atoms with E-state index in [2.05, 4.69) is 15.9 Å². The van der Waals surface area contributed by atoms with E-state index >= 15 is 0 Å². The van der Waals surface area contributed by atoms with E-state index in [1.807, 2.05) is 25.1 Å². The summed E-state index contributed by atoms with van der Waals surface area (Å²) in [5.74, 6) is -0.212. The van der Waals surface area contributed by atoms with Crippen molar-refractivity contribution in [2.24, 2.45) is 0 Å². The molecule has 1 aliphatic heterocycles. The lowest BCUT2D eigenvalue weighted by Crippen LogP contribution is -2.16. The van der Waals surface area contributed by atoms with E-state index in [-0.39, 0.29) is 11.5 Å². The second-order valence-corrected chi connectivity index (χ2v) is 5.42. The van der Waals surface area contributed by atoms with Gasteiger partial charge in [-0.05, 0) is 42.8 Å². The summed E-state index contributed by atoms with van der Waals surface area (Å²) in [6.45, 7) is 1.90. The molecule has 3 rings (SSSR count). The molecule has 4 heteroatoms. The molecule has 0 atom stereocenters. The van der Waals surface area contributed by atoms with Crippen LogP contribution in [0.3, 0.4) is 0 Å². The molecule has 3 nitrogen and oxygen atoms in total. The zero-order chi connectivity index (χ0) is 13.6. The van der Waals surface area contributed by atoms with Crippen LogP contribution < -0.4 is 0 Å². The molecule has 0 N–H and O–H groups in total. The number of nitrogens with zero attached hydrogens (tertiary/aromatic N) is 1. The van der Waals surface area contributed by atoms with Crippen LogP contribution in [0.2, 0.25) is 0 Å². The summed E-state index contributed by atoms with van der Waals surface area (Å²) in [4.78, 5) is 12.4. The highest BCUT2D eigenvalue weighted by molar-refractivity contribution is 9.10. The lowest BCUT2D eigenvalue weighted by molar-refractivity contribution is -0.355. The maximum Gasteiger partial charge on any atom is 0.272 e. The van der Waals surface area contributed by atoms with Crippen LogP contribution in [0.25, 0.3) is 0 Å². The number of Topliss-reactive ketones (excluding diaryl/α,β-unsaturated/α-hetero) is 1. The molecule has 0 saturated carbocycles. The summed E-state index contributed by atoms with van der Waals surface area (Å²) in [6, 6.07) is 12.5. The highest BCUT2D eigenvalue weighted by Gasteiger charge is 2.36. The molecule has 0 amide bonds. The predicted octanol–water partition coefficient (Wildman–Crippen LogP) is 3.58. The Bertz CT molecular complexity index is 717. The number of halogens is 1. The van der Waals surface area contributed by atoms with Gasteiger partial charge < -0.3 is 5.21 Å². The third kappa shape index (κ3) is 1.88. The maximum atomic E-state index is 12.4. The van der Waals surface area contributed by atoms with Crippen LogP contribution in [0.1, 0.15) is 21.5 Å². The van der Waals surface area contributed by atoms with Gasteiger partial charge in [0, 0.05) is 10.5 Å². The van der Waals surface area contributed by atoms with Gasteiger partial charge in [-0.3, -0.25) is 4.79 Å². The van der Waals surface area contributed by atoms with Gasteiger partial charge in [-0.1, -0.05) is 22.0 Å². The minimum atomic E-state index is -0.212. The number of ketones is 1. The fourth-order valence-electron chi connectivity index (χ4n) is 2.21. The van der Waals surface area contributed by atoms with Crippen LogP contribution in [-0.4, -0.2) is 16.2 Å². The van der Waals surface area contributed by atoms with Gasteiger partial charge in [0.25, 0.3) is 11.5 Å². The van der Waals surface area contributed by atoms with Crippen molar-refractivity contribution in [2.75, 3.05) is 0 Å². The van der Waals surface area contributed by atoms with Crippen molar-refractivity contribution < 1.29 is 9.53 Å². The smallest absolute Gasteiger partial charge is 0.272 e. The van der Waals surface area contributed by atoms with Crippen LogP contribution in [0.5, 0.6) is 0 Å². The Hall–Kier alpha value is -1.94. The van der Waals surface area contributed by atoms with Crippen molar-refractivity contribution >= 4 is 33.1 Å². The highest BCUT2D eigenvalue weighted by Crippen LogP contribution is 2.29. The van der Waals surface area contributed by atoms with Gasteiger partial charge >= 0.3 is 0 Å². The van der Waals surface area contributed by atoms with E-state index in [9.17, 15) is 10.0 Å². The maximum absolute atomic E-state index is 12.4. The SMILES string of the molecule is Cc1ccc2c(c1)C(=O)C(c1ccc(Br)cc1)=[N+]2[O-]. The van der Waals surface area contributed by atoms with Crippen LogP contribution in [-0.2, 0) is 0 Å². The molecular formula is C15H10BrNO2. The first-order chi connectivity index (χ1) is 9.08. The molecule has 0 saturated heterocycles. The van der Waals surface area contributed by atoms with E-state index < -0.39 is 0 Å². The number of hydrogen-bond donors (Lipinski definition) is 0. The predicted molar refractivity (Wildman–Crippen MR) is 77.0 cm³/mol. The van der Waals surface area contributed by atoms with Crippen molar-refractivity contribution in [1.29, 1.82) is 0 Å². The molecule has 0 aliphatic carbocycles. The van der Waals surface area contributed by atoms with Gasteiger partial charge in [-0.25, -0.2) is 0 Å². The Balaban J connectivity index is 2.17. The van der Waals surface area contributed by atoms with Crippen molar-refractivity contribution in [3.63, 3.8) is 0 Å². The molecule has 0 fully saturated rings. The van der Waals surface area contributed by atoms with Crippen molar-refractivity contribution in [1.82, 2.24) is 0 Å². The van der Waals surface area contributed by atoms with E-state index in [1.54, 1.807) is 24.3 Å². The summed E-state index contributed by atoms with van der Waals surface area (Å²) in [7, 11) is 0. The summed E-state index contributed by atoms with van der Waals surface area (Å²) < 4.78 is 1.63. The average Bonchev–Trinajstić information content (AvgIpc) is 2.63. The molecule has 2 aromatic rings. The Labute approximate surface area is 118 Å². The first-order valence-electron chi connectivity index (χ1n) is 5.83. The third-order valence-corrected chi connectivity index (χ3v) is 3.68. The van der Waals surface area contributed by atoms with E-state index in [1.165, 1.54) is 0 Å². The second-order valence-electron chi connectivity index (χ2n) is 4.50. The van der Waals surface area contributed by atoms with Crippen LogP contribution in [0.4, 0.5) is 5.69 Å². The fraction of sp³-hybridized carbons (Fsp3) is 0.0667. The van der Waals surface area contributed by atoms with Gasteiger partial charge in [-0.15, -0.1) is 0 Å². The fourth-order valence-corrected chi connectivity index (χ4v) is 2.47. The Morgan fingerprint density at radius 3 is 2.47 bits per heavy atom. The topological polar surface area (TPSA) is 43.1 Å². The molecule has 0 radical (unpaired) electrons. The molecule has 1 aliphatic rings. The van der Waals surface area contributed by atoms with E-state index in [0.717, 1.165) is 14.8 Å². The molecular weight excluding hydrogens is 306 g/mol. The second kappa shape index (κ2) is 4.31. The average molecular weight is 316 g/mol. The molecule has 0 aromatic heterocycles. The monoisotopic (exact) mass is 315 g/mol. The first-order valence-corrected chi connectivity index (χ1v) is 6.63. The molecule has 2 aromatic carbocycles. The number of carbonyl (C=O) groups is 1. The molecule has 0 bridgehead atoms. The molecule has 1 heterocycles. The number of carbonyl (C=O) groups excluding carboxylic acids is 1. The van der Waals surface area contributed by atoms with Gasteiger partial charge in [0.05, 0.1) is 5.56 Å². The van der Waals surface area contributed by atoms with Crippen molar-refractivity contribution in [3.05, 3.63) is 68.8 Å². The quantitative estimate of drug-likeness (QED) is 0.596. The van der Waals surface area contributed by atoms with Gasteiger partial charge in [-0.2, -0.15) is 4.74 Å². The van der Waals surface area contributed by atoms with Gasteiger partial charge in [0.2, 0.25) is 5.69 Å². The number of aryl methyl sites for hydroxylation is 1. The summed E-state index contributed by atoms with van der Waals surface area (Å²) in [6.07, 6.45) is 0. The number of hydrogen-bond acceptors (Lipinski definition) is 2. The van der Waals surface area contributed by atoms with Gasteiger partial charge in [0.1, 0.15) is 5.56 Å². The number of fused-ring (bicyclic) bond motifs is 1. The van der Waals surface area contributed by atoms with Crippen LogP contribution >= 0.6 is 15.9 Å². The van der Waals surface area contributed by atoms with E-state index in [4.69, 9.17) is 0 Å². The number of benzene rings is 2. The standard InChI is InChI=1S/C15H10BrNO2/c1-9-2-7-13-12(8-9)15(18)14(17(13)19)10-3-5-11(16)6-4-10/h2-8H,1H3. The minimum absolute atomic E-state index is 0.188. The van der Waals surface area contributed by atoms with Crippen LogP contribution in [0.15, 0.2) is 46.9 Å². The first kappa shape index (κ1) is 12.1. The molecule has 19 heavy (non-hydrogen) atoms. The largest absolute Gasteiger partial charge is 0.618 e. The van der Waals surface area contributed by atoms with Crippen molar-refractivity contribution in [3.8, 4) is 0 Å². The summed E-state index contributed by atoms with van der Waals surface area (Å²) >= 11 is 3.34. The zero-order valence-electron chi connectivity index (χ0n) is 10.2. The highest BCUT2D eigenvalue weighted by atomic mass is 79.9. The Morgan fingerprint density at radius 2 is 1.79 bits per heavy atom. The zero-order valence-corrected chi connectivity index (χ0v) is 11.8. The van der Waals surface area contributed by atoms with E-state index in [0.29, 0.717) is 16.8 Å². The Morgan fingerprint density at radius 1 is 1.11 bits per heavy atom. The molecule has 0 unspecified atom stereocenters. The molecule has 94 valence electrons. The normalized spacial score (nSPS) is 13.9. The lowest BCUT2D eigenvalue weighted by atomic mass is 10.0. The number of rotatable bonds is 1. The molecule has 0 spiro atoms. The Kier molecular flexibility index (Phi) is 2.75. The third-order valence-electron chi connectivity index (χ3n) is 3.15. The van der Waals surface area contributed by atoms with Crippen molar-refractivity contribution in [2.45, 2.75) is 6.92 Å². The minimum Gasteiger partial charge on any atom is -0.618 e. The summed E-state index contributed by atoms with van der Waals surface area (Å²) in [5, 5.41) is 12.3. The lowest BCUT2D eigenvalue weighted by Gasteiger charge is -2.02.